The number of hydrazine groups is 1. The molecule has 2 aliphatic carbocycles. The number of halogens is 2. The smallest absolute Gasteiger partial charge is 0.260 e. The van der Waals surface area contributed by atoms with Gasteiger partial charge in [-0.2, -0.15) is 5.01 Å². The van der Waals surface area contributed by atoms with Crippen molar-refractivity contribution in [2.45, 2.75) is 30.7 Å². The molecule has 8 rings (SSSR count). The number of imide groups is 2. The van der Waals surface area contributed by atoms with Crippen molar-refractivity contribution in [2.75, 3.05) is 19.6 Å². The number of benzene rings is 3. The quantitative estimate of drug-likeness (QED) is 0.156. The van der Waals surface area contributed by atoms with E-state index in [0.29, 0.717) is 27.6 Å². The Bertz CT molecular complexity index is 2140. The zero-order valence-electron chi connectivity index (χ0n) is 28.0. The van der Waals surface area contributed by atoms with Crippen LogP contribution in [0.5, 0.6) is 17.2 Å². The number of anilines is 1. The molecule has 4 amide bonds. The van der Waals surface area contributed by atoms with Gasteiger partial charge < -0.3 is 14.6 Å². The molecule has 0 spiro atoms. The molecule has 0 bridgehead atoms. The summed E-state index contributed by atoms with van der Waals surface area (Å²) in [4.78, 5) is 60.6. The number of fused-ring (bicyclic) bond motifs is 4. The molecule has 6 atom stereocenters. The van der Waals surface area contributed by atoms with Crippen LogP contribution in [0.15, 0.2) is 89.8 Å². The third-order valence-corrected chi connectivity index (χ3v) is 12.2. The van der Waals surface area contributed by atoms with Gasteiger partial charge in [-0.15, -0.1) is 11.3 Å². The molecule has 3 fully saturated rings. The number of phenols is 1. The van der Waals surface area contributed by atoms with Crippen molar-refractivity contribution in [1.29, 1.82) is 0 Å². The highest BCUT2D eigenvalue weighted by Crippen LogP contribution is 2.66. The predicted molar refractivity (Wildman–Crippen MR) is 190 cm³/mol. The molecule has 4 aliphatic rings. The minimum atomic E-state index is -1.69. The van der Waals surface area contributed by atoms with Crippen LogP contribution in [0.25, 0.3) is 0 Å². The lowest BCUT2D eigenvalue weighted by Gasteiger charge is -2.50. The number of methoxy groups -OCH3 is 2. The van der Waals surface area contributed by atoms with Gasteiger partial charge in [0, 0.05) is 33.5 Å². The number of hydrogen-bond acceptors (Lipinski definition) is 9. The van der Waals surface area contributed by atoms with Gasteiger partial charge in [-0.1, -0.05) is 41.4 Å². The molecule has 3 heterocycles. The van der Waals surface area contributed by atoms with Gasteiger partial charge in [0.15, 0.2) is 0 Å². The number of rotatable bonds is 8. The van der Waals surface area contributed by atoms with Crippen molar-refractivity contribution in [2.24, 2.45) is 23.7 Å². The number of aromatic hydroxyl groups is 1. The fourth-order valence-electron chi connectivity index (χ4n) is 8.91. The molecule has 1 saturated carbocycles. The van der Waals surface area contributed by atoms with Crippen LogP contribution in [-0.2, 0) is 31.1 Å². The number of phenolic OH excluding ortho intramolecular Hbond substituents is 1. The van der Waals surface area contributed by atoms with E-state index in [-0.39, 0.29) is 48.3 Å². The monoisotopic (exact) mass is 741 g/mol. The Labute approximate surface area is 307 Å². The van der Waals surface area contributed by atoms with Crippen molar-refractivity contribution in [3.63, 3.8) is 0 Å². The van der Waals surface area contributed by atoms with Crippen LogP contribution in [0.1, 0.15) is 34.8 Å². The summed E-state index contributed by atoms with van der Waals surface area (Å²) in [5.74, 6) is -6.26. The molecule has 2 saturated heterocycles. The number of thiophene rings is 1. The van der Waals surface area contributed by atoms with Gasteiger partial charge in [-0.05, 0) is 72.2 Å². The zero-order valence-corrected chi connectivity index (χ0v) is 29.6. The average Bonchev–Trinajstić information content (AvgIpc) is 3.81. The molecule has 6 unspecified atom stereocenters. The lowest BCUT2D eigenvalue weighted by Crippen LogP contribution is -2.53. The Morgan fingerprint density at radius 3 is 2.38 bits per heavy atom. The summed E-state index contributed by atoms with van der Waals surface area (Å²) in [6, 6.07) is 18.7. The minimum absolute atomic E-state index is 0.0589. The van der Waals surface area contributed by atoms with Gasteiger partial charge in [0.1, 0.15) is 23.1 Å². The third-order valence-electron chi connectivity index (χ3n) is 11.1. The largest absolute Gasteiger partial charge is 0.507 e. The second kappa shape index (κ2) is 12.8. The van der Waals surface area contributed by atoms with E-state index in [1.807, 2.05) is 23.6 Å². The fraction of sp³-hybridized carbons (Fsp3) is 0.282. The SMILES string of the molecule is COc1cc(O)c(C2C3=CCC4C(=O)N(Cc5cccs5)C(=O)C4C3CC3C(=O)N(Nc4ccc(F)cc4)C(=O)C32c2ccc(Cl)cc2)c(OC)c1. The van der Waals surface area contributed by atoms with Gasteiger partial charge in [0.25, 0.3) is 11.8 Å². The van der Waals surface area contributed by atoms with E-state index in [2.05, 4.69) is 5.43 Å². The lowest BCUT2D eigenvalue weighted by atomic mass is 9.49. The Balaban J connectivity index is 1.35. The van der Waals surface area contributed by atoms with Gasteiger partial charge in [0.2, 0.25) is 11.8 Å². The van der Waals surface area contributed by atoms with Crippen molar-refractivity contribution in [1.82, 2.24) is 9.91 Å². The first-order valence-corrected chi connectivity index (χ1v) is 18.0. The second-order valence-electron chi connectivity index (χ2n) is 13.5. The number of hydrogen-bond donors (Lipinski definition) is 2. The van der Waals surface area contributed by atoms with Crippen LogP contribution in [-0.4, -0.2) is 52.9 Å². The maximum absolute atomic E-state index is 15.3. The summed E-state index contributed by atoms with van der Waals surface area (Å²) in [7, 11) is 2.88. The van der Waals surface area contributed by atoms with Gasteiger partial charge >= 0.3 is 0 Å². The van der Waals surface area contributed by atoms with Crippen LogP contribution >= 0.6 is 22.9 Å². The van der Waals surface area contributed by atoms with Crippen molar-refractivity contribution in [3.8, 4) is 17.2 Å². The van der Waals surface area contributed by atoms with Crippen molar-refractivity contribution >= 4 is 52.3 Å². The van der Waals surface area contributed by atoms with E-state index in [4.69, 9.17) is 21.1 Å². The average molecular weight is 742 g/mol. The van der Waals surface area contributed by atoms with E-state index < -0.39 is 52.6 Å². The number of ether oxygens (including phenoxy) is 2. The Hall–Kier alpha value is -5.20. The standard InChI is InChI=1S/C39H33ClFN3O7S/c1-50-24-16-30(45)33(31(17-24)51-2)34-26-13-14-27-32(37(48)43(35(27)46)19-25-4-3-15-52-25)28(26)18-29-36(47)44(42-23-11-9-22(41)10-12-23)38(49)39(29,34)20-5-7-21(40)8-6-20/h3-13,15-17,27-29,32,34,42,45H,14,18-19H2,1-2H3. The summed E-state index contributed by atoms with van der Waals surface area (Å²) >= 11 is 7.82. The normalized spacial score (nSPS) is 26.5. The molecule has 0 radical (unpaired) electrons. The topological polar surface area (TPSA) is 125 Å². The Morgan fingerprint density at radius 1 is 0.962 bits per heavy atom. The maximum Gasteiger partial charge on any atom is 0.260 e. The number of allylic oxidation sites excluding steroid dienone is 2. The first-order chi connectivity index (χ1) is 25.1. The summed E-state index contributed by atoms with van der Waals surface area (Å²) in [6.45, 7) is 0.145. The van der Waals surface area contributed by atoms with E-state index >= 15 is 4.79 Å². The molecule has 3 aromatic carbocycles. The molecule has 10 nitrogen and oxygen atoms in total. The minimum Gasteiger partial charge on any atom is -0.507 e. The number of nitrogens with one attached hydrogen (secondary N) is 1. The summed E-state index contributed by atoms with van der Waals surface area (Å²) < 4.78 is 25.2. The second-order valence-corrected chi connectivity index (χ2v) is 14.9. The van der Waals surface area contributed by atoms with Gasteiger partial charge in [0.05, 0.1) is 49.6 Å². The third kappa shape index (κ3) is 5.02. The molecule has 13 heteroatoms. The molecule has 266 valence electrons. The predicted octanol–water partition coefficient (Wildman–Crippen LogP) is 6.45. The highest BCUT2D eigenvalue weighted by Gasteiger charge is 2.71. The number of carbonyl (C=O) groups excluding carboxylic acids is 4. The summed E-state index contributed by atoms with van der Waals surface area (Å²) in [5, 5.41) is 15.1. The number of carbonyl (C=O) groups is 4. The summed E-state index contributed by atoms with van der Waals surface area (Å²) in [5.41, 5.74) is 2.87. The highest BCUT2D eigenvalue weighted by molar-refractivity contribution is 7.09. The van der Waals surface area contributed by atoms with E-state index in [1.54, 1.807) is 30.3 Å². The fourth-order valence-corrected chi connectivity index (χ4v) is 9.73. The molecule has 1 aromatic heterocycles. The van der Waals surface area contributed by atoms with Crippen LogP contribution in [0.4, 0.5) is 10.1 Å². The molecule has 4 aromatic rings. The van der Waals surface area contributed by atoms with Gasteiger partial charge in [-0.25, -0.2) is 4.39 Å². The van der Waals surface area contributed by atoms with Crippen molar-refractivity contribution < 1.29 is 38.1 Å². The molecule has 52 heavy (non-hydrogen) atoms. The number of amides is 4. The van der Waals surface area contributed by atoms with Crippen LogP contribution in [0.2, 0.25) is 5.02 Å². The summed E-state index contributed by atoms with van der Waals surface area (Å²) in [6.07, 6.45) is 2.18. The first-order valence-electron chi connectivity index (χ1n) is 16.8. The number of nitrogens with zero attached hydrogens (tertiary/aromatic N) is 2. The highest BCUT2D eigenvalue weighted by atomic mass is 35.5. The Morgan fingerprint density at radius 2 is 1.71 bits per heavy atom. The maximum atomic E-state index is 15.3. The van der Waals surface area contributed by atoms with E-state index in [1.165, 1.54) is 60.8 Å². The van der Waals surface area contributed by atoms with Crippen molar-refractivity contribution in [3.05, 3.63) is 117 Å². The van der Waals surface area contributed by atoms with Gasteiger partial charge in [-0.3, -0.25) is 29.5 Å². The van der Waals surface area contributed by atoms with Crippen LogP contribution in [0, 0.1) is 29.5 Å². The van der Waals surface area contributed by atoms with Crippen LogP contribution in [0.3, 0.4) is 0 Å². The first kappa shape index (κ1) is 33.9. The van der Waals surface area contributed by atoms with E-state index in [9.17, 15) is 23.9 Å². The Kier molecular flexibility index (Phi) is 8.34. The molecule has 2 aliphatic heterocycles. The zero-order chi connectivity index (χ0) is 36.5. The van der Waals surface area contributed by atoms with E-state index in [0.717, 1.165) is 9.89 Å². The molecule has 2 N–H and O–H groups in total. The molecular formula is C39H33ClFN3O7S. The number of likely N-dealkylation sites (tertiary alicyclic amines) is 1. The lowest BCUT2D eigenvalue weighted by molar-refractivity contribution is -0.141. The molecular weight excluding hydrogens is 709 g/mol. The van der Waals surface area contributed by atoms with Crippen LogP contribution < -0.4 is 14.9 Å².